The van der Waals surface area contributed by atoms with Gasteiger partial charge in [0, 0.05) is 26.0 Å². The molecular weight excluding hydrogens is 178 g/mol. The minimum absolute atomic E-state index is 0.00869. The van der Waals surface area contributed by atoms with Crippen molar-refractivity contribution in [3.8, 4) is 0 Å². The fourth-order valence-corrected chi connectivity index (χ4v) is 1.12. The van der Waals surface area contributed by atoms with Crippen LogP contribution in [0, 0.1) is 6.92 Å². The van der Waals surface area contributed by atoms with E-state index >= 15 is 0 Å². The van der Waals surface area contributed by atoms with Crippen LogP contribution < -0.4 is 10.6 Å². The predicted molar refractivity (Wildman–Crippen MR) is 54.7 cm³/mol. The third-order valence-corrected chi connectivity index (χ3v) is 1.83. The number of carbonyl (C=O) groups excluding carboxylic acids is 1. The van der Waals surface area contributed by atoms with Crippen LogP contribution in [0.3, 0.4) is 0 Å². The summed E-state index contributed by atoms with van der Waals surface area (Å²) >= 11 is 0. The third kappa shape index (κ3) is 3.53. The molecule has 1 amide bonds. The summed E-state index contributed by atoms with van der Waals surface area (Å²) in [5.74, 6) is -0.00869. The van der Waals surface area contributed by atoms with Crippen molar-refractivity contribution in [2.45, 2.75) is 13.5 Å². The van der Waals surface area contributed by atoms with Crippen LogP contribution in [0.4, 0.5) is 0 Å². The molecule has 0 saturated carbocycles. The van der Waals surface area contributed by atoms with E-state index in [1.54, 1.807) is 13.2 Å². The quantitative estimate of drug-likeness (QED) is 0.719. The van der Waals surface area contributed by atoms with Gasteiger partial charge in [0.25, 0.3) is 0 Å². The van der Waals surface area contributed by atoms with Crippen LogP contribution in [0.2, 0.25) is 0 Å². The van der Waals surface area contributed by atoms with E-state index in [0.29, 0.717) is 13.1 Å². The van der Waals surface area contributed by atoms with E-state index in [-0.39, 0.29) is 5.91 Å². The molecule has 0 radical (unpaired) electrons. The summed E-state index contributed by atoms with van der Waals surface area (Å²) in [4.78, 5) is 14.9. The minimum atomic E-state index is -0.00869. The maximum absolute atomic E-state index is 10.9. The van der Waals surface area contributed by atoms with E-state index in [9.17, 15) is 4.79 Å². The smallest absolute Gasteiger partial charge is 0.233 e. The van der Waals surface area contributed by atoms with Crippen molar-refractivity contribution in [1.29, 1.82) is 0 Å². The van der Waals surface area contributed by atoms with Gasteiger partial charge in [-0.15, -0.1) is 0 Å². The monoisotopic (exact) mass is 193 g/mol. The predicted octanol–water partition coefficient (Wildman–Crippen LogP) is 0.226. The average molecular weight is 193 g/mol. The number of hydrogen-bond acceptors (Lipinski definition) is 3. The van der Waals surface area contributed by atoms with Crippen molar-refractivity contribution in [3.05, 3.63) is 29.6 Å². The molecule has 4 heteroatoms. The van der Waals surface area contributed by atoms with E-state index in [4.69, 9.17) is 0 Å². The van der Waals surface area contributed by atoms with Gasteiger partial charge in [0.05, 0.1) is 6.54 Å². The highest BCUT2D eigenvalue weighted by atomic mass is 16.1. The molecule has 1 heterocycles. The van der Waals surface area contributed by atoms with Gasteiger partial charge >= 0.3 is 0 Å². The molecule has 14 heavy (non-hydrogen) atoms. The Morgan fingerprint density at radius 3 is 2.93 bits per heavy atom. The molecule has 0 aliphatic heterocycles. The number of aryl methyl sites for hydroxylation is 1. The van der Waals surface area contributed by atoms with Crippen molar-refractivity contribution in [2.24, 2.45) is 0 Å². The van der Waals surface area contributed by atoms with Gasteiger partial charge < -0.3 is 10.6 Å². The van der Waals surface area contributed by atoms with Gasteiger partial charge in [-0.3, -0.25) is 9.78 Å². The molecule has 0 saturated heterocycles. The molecule has 2 N–H and O–H groups in total. The Hall–Kier alpha value is -1.42. The van der Waals surface area contributed by atoms with Crippen molar-refractivity contribution in [3.63, 3.8) is 0 Å². The highest BCUT2D eigenvalue weighted by Crippen LogP contribution is 1.99. The van der Waals surface area contributed by atoms with Crippen LogP contribution in [0.1, 0.15) is 11.1 Å². The zero-order valence-electron chi connectivity index (χ0n) is 8.50. The van der Waals surface area contributed by atoms with Crippen LogP contribution in [0.15, 0.2) is 18.5 Å². The number of carbonyl (C=O) groups is 1. The van der Waals surface area contributed by atoms with Crippen LogP contribution >= 0.6 is 0 Å². The fraction of sp³-hybridized carbons (Fsp3) is 0.400. The molecule has 1 aromatic rings. The zero-order valence-corrected chi connectivity index (χ0v) is 8.50. The summed E-state index contributed by atoms with van der Waals surface area (Å²) in [6.45, 7) is 3.00. The van der Waals surface area contributed by atoms with Crippen LogP contribution in [-0.2, 0) is 11.3 Å². The summed E-state index contributed by atoms with van der Waals surface area (Å²) in [7, 11) is 1.62. The molecular formula is C10H15N3O. The topological polar surface area (TPSA) is 54.0 Å². The van der Waals surface area contributed by atoms with Gasteiger partial charge in [-0.25, -0.2) is 0 Å². The molecule has 0 aliphatic rings. The summed E-state index contributed by atoms with van der Waals surface area (Å²) in [5, 5.41) is 5.57. The molecule has 0 aromatic carbocycles. The number of pyridine rings is 1. The van der Waals surface area contributed by atoms with E-state index in [0.717, 1.165) is 11.1 Å². The first kappa shape index (κ1) is 10.7. The van der Waals surface area contributed by atoms with Gasteiger partial charge in [-0.1, -0.05) is 6.07 Å². The highest BCUT2D eigenvalue weighted by Gasteiger charge is 1.97. The van der Waals surface area contributed by atoms with Gasteiger partial charge in [0.2, 0.25) is 5.91 Å². The molecule has 0 bridgehead atoms. The second-order valence-corrected chi connectivity index (χ2v) is 3.15. The lowest BCUT2D eigenvalue weighted by molar-refractivity contribution is -0.119. The Morgan fingerprint density at radius 1 is 1.50 bits per heavy atom. The Balaban J connectivity index is 2.35. The lowest BCUT2D eigenvalue weighted by Crippen LogP contribution is -2.30. The number of hydrogen-bond donors (Lipinski definition) is 2. The van der Waals surface area contributed by atoms with E-state index in [1.807, 2.05) is 19.2 Å². The summed E-state index contributed by atoms with van der Waals surface area (Å²) < 4.78 is 0. The van der Waals surface area contributed by atoms with E-state index < -0.39 is 0 Å². The largest absolute Gasteiger partial charge is 0.358 e. The van der Waals surface area contributed by atoms with Crippen molar-refractivity contribution < 1.29 is 4.79 Å². The first-order valence-corrected chi connectivity index (χ1v) is 4.54. The van der Waals surface area contributed by atoms with Gasteiger partial charge in [-0.05, 0) is 18.1 Å². The third-order valence-electron chi connectivity index (χ3n) is 1.83. The zero-order chi connectivity index (χ0) is 10.4. The standard InChI is InChI=1S/C10H15N3O/c1-8-3-9(5-12-4-8)6-13-7-10(14)11-2/h3-5,13H,6-7H2,1-2H3,(H,11,14). The Morgan fingerprint density at radius 2 is 2.29 bits per heavy atom. The molecule has 0 aliphatic carbocycles. The number of nitrogens with one attached hydrogen (secondary N) is 2. The second-order valence-electron chi connectivity index (χ2n) is 3.15. The van der Waals surface area contributed by atoms with Gasteiger partial charge in [0.1, 0.15) is 0 Å². The SMILES string of the molecule is CNC(=O)CNCc1cncc(C)c1. The Bertz CT molecular complexity index is 312. The number of nitrogens with zero attached hydrogens (tertiary/aromatic N) is 1. The van der Waals surface area contributed by atoms with Gasteiger partial charge in [-0.2, -0.15) is 0 Å². The summed E-state index contributed by atoms with van der Waals surface area (Å²) in [6.07, 6.45) is 3.60. The number of likely N-dealkylation sites (N-methyl/N-ethyl adjacent to an activating group) is 1. The van der Waals surface area contributed by atoms with Crippen LogP contribution in [0.25, 0.3) is 0 Å². The number of amides is 1. The lowest BCUT2D eigenvalue weighted by Gasteiger charge is -2.03. The van der Waals surface area contributed by atoms with Crippen molar-refractivity contribution in [2.75, 3.05) is 13.6 Å². The fourth-order valence-electron chi connectivity index (χ4n) is 1.12. The van der Waals surface area contributed by atoms with Crippen molar-refractivity contribution >= 4 is 5.91 Å². The molecule has 76 valence electrons. The molecule has 1 aromatic heterocycles. The summed E-state index contributed by atoms with van der Waals surface area (Å²) in [6, 6.07) is 2.05. The maximum Gasteiger partial charge on any atom is 0.233 e. The van der Waals surface area contributed by atoms with E-state index in [2.05, 4.69) is 15.6 Å². The molecule has 0 spiro atoms. The molecule has 4 nitrogen and oxygen atoms in total. The van der Waals surface area contributed by atoms with Gasteiger partial charge in [0.15, 0.2) is 0 Å². The Kier molecular flexibility index (Phi) is 4.07. The van der Waals surface area contributed by atoms with E-state index in [1.165, 1.54) is 0 Å². The number of rotatable bonds is 4. The molecule has 1 rings (SSSR count). The first-order chi connectivity index (χ1) is 6.72. The lowest BCUT2D eigenvalue weighted by atomic mass is 10.2. The molecule has 0 atom stereocenters. The number of aromatic nitrogens is 1. The van der Waals surface area contributed by atoms with Crippen LogP contribution in [-0.4, -0.2) is 24.5 Å². The molecule has 0 fully saturated rings. The Labute approximate surface area is 83.7 Å². The first-order valence-electron chi connectivity index (χ1n) is 4.54. The average Bonchev–Trinajstić information content (AvgIpc) is 2.17. The minimum Gasteiger partial charge on any atom is -0.358 e. The highest BCUT2D eigenvalue weighted by molar-refractivity contribution is 5.77. The van der Waals surface area contributed by atoms with Crippen molar-refractivity contribution in [1.82, 2.24) is 15.6 Å². The van der Waals surface area contributed by atoms with Crippen LogP contribution in [0.5, 0.6) is 0 Å². The summed E-state index contributed by atoms with van der Waals surface area (Å²) in [5.41, 5.74) is 2.22. The maximum atomic E-state index is 10.9. The normalized spacial score (nSPS) is 9.86. The second kappa shape index (κ2) is 5.34. The molecule has 0 unspecified atom stereocenters.